The molecule has 4 nitrogen and oxygen atoms in total. The first kappa shape index (κ1) is 18.9. The van der Waals surface area contributed by atoms with E-state index in [1.165, 1.54) is 18.2 Å². The molecule has 0 aliphatic carbocycles. The van der Waals surface area contributed by atoms with Gasteiger partial charge < -0.3 is 9.26 Å². The van der Waals surface area contributed by atoms with Gasteiger partial charge in [0.1, 0.15) is 18.1 Å². The van der Waals surface area contributed by atoms with E-state index in [1.807, 2.05) is 37.4 Å². The van der Waals surface area contributed by atoms with E-state index in [9.17, 15) is 9.18 Å². The molecule has 0 fully saturated rings. The van der Waals surface area contributed by atoms with E-state index in [0.29, 0.717) is 17.0 Å². The highest BCUT2D eigenvalue weighted by Crippen LogP contribution is 2.26. The van der Waals surface area contributed by atoms with Gasteiger partial charge in [0.25, 0.3) is 0 Å². The summed E-state index contributed by atoms with van der Waals surface area (Å²) in [5.41, 5.74) is 2.92. The molecule has 0 atom stereocenters. The molecule has 0 aliphatic rings. The third-order valence-corrected chi connectivity index (χ3v) is 4.75. The minimum absolute atomic E-state index is 0.00507. The van der Waals surface area contributed by atoms with E-state index in [2.05, 4.69) is 5.16 Å². The van der Waals surface area contributed by atoms with Gasteiger partial charge >= 0.3 is 5.97 Å². The Morgan fingerprint density at radius 1 is 1.19 bits per heavy atom. The maximum absolute atomic E-state index is 13.0. The number of nitrogens with zero attached hydrogens (tertiary/aromatic N) is 1. The van der Waals surface area contributed by atoms with Crippen molar-refractivity contribution in [2.75, 3.05) is 6.26 Å². The summed E-state index contributed by atoms with van der Waals surface area (Å²) in [6, 6.07) is 13.8. The zero-order valence-electron chi connectivity index (χ0n) is 14.9. The molecule has 1 heterocycles. The summed E-state index contributed by atoms with van der Waals surface area (Å²) in [7, 11) is 0. The molecular formula is C21H18FNO3S. The Balaban J connectivity index is 1.60. The smallest absolute Gasteiger partial charge is 0.331 e. The molecule has 0 saturated carbocycles. The van der Waals surface area contributed by atoms with Gasteiger partial charge in [-0.1, -0.05) is 17.3 Å². The van der Waals surface area contributed by atoms with Crippen molar-refractivity contribution in [2.45, 2.75) is 18.4 Å². The third-order valence-electron chi connectivity index (χ3n) is 4.01. The van der Waals surface area contributed by atoms with Crippen molar-refractivity contribution in [2.24, 2.45) is 0 Å². The van der Waals surface area contributed by atoms with Gasteiger partial charge in [0.2, 0.25) is 0 Å². The fourth-order valence-electron chi connectivity index (χ4n) is 2.44. The number of aromatic nitrogens is 1. The van der Waals surface area contributed by atoms with Crippen LogP contribution in [0.25, 0.3) is 17.4 Å². The van der Waals surface area contributed by atoms with Crippen molar-refractivity contribution in [1.82, 2.24) is 5.16 Å². The van der Waals surface area contributed by atoms with Gasteiger partial charge in [-0.2, -0.15) is 0 Å². The summed E-state index contributed by atoms with van der Waals surface area (Å²) in [4.78, 5) is 13.1. The van der Waals surface area contributed by atoms with E-state index in [1.54, 1.807) is 30.0 Å². The molecule has 0 spiro atoms. The van der Waals surface area contributed by atoms with Crippen LogP contribution in [0, 0.1) is 12.7 Å². The highest BCUT2D eigenvalue weighted by molar-refractivity contribution is 7.98. The molecule has 0 unspecified atom stereocenters. The Bertz CT molecular complexity index is 947. The minimum atomic E-state index is -0.463. The van der Waals surface area contributed by atoms with Crippen LogP contribution in [0.2, 0.25) is 0 Å². The Kier molecular flexibility index (Phi) is 6.08. The van der Waals surface area contributed by atoms with Crippen LogP contribution in [0.3, 0.4) is 0 Å². The maximum atomic E-state index is 13.0. The van der Waals surface area contributed by atoms with Crippen molar-refractivity contribution in [1.29, 1.82) is 0 Å². The number of thioether (sulfide) groups is 1. The van der Waals surface area contributed by atoms with Gasteiger partial charge in [-0.3, -0.25) is 0 Å². The molecule has 3 rings (SSSR count). The number of hydrogen-bond acceptors (Lipinski definition) is 5. The number of hydrogen-bond donors (Lipinski definition) is 0. The summed E-state index contributed by atoms with van der Waals surface area (Å²) >= 11 is 1.66. The van der Waals surface area contributed by atoms with Gasteiger partial charge in [0.05, 0.1) is 0 Å². The van der Waals surface area contributed by atoms with Crippen LogP contribution in [-0.4, -0.2) is 17.4 Å². The van der Waals surface area contributed by atoms with Crippen LogP contribution < -0.4 is 0 Å². The Labute approximate surface area is 161 Å². The second kappa shape index (κ2) is 8.68. The SMILES string of the molecule is CSc1ccc(/C=C/C(=O)OCc2noc(-c3ccc(F)cc3)c2C)cc1. The van der Waals surface area contributed by atoms with E-state index in [0.717, 1.165) is 16.0 Å². The molecular weight excluding hydrogens is 365 g/mol. The predicted octanol–water partition coefficient (Wildman–Crippen LogP) is 5.27. The van der Waals surface area contributed by atoms with Crippen molar-refractivity contribution < 1.29 is 18.4 Å². The van der Waals surface area contributed by atoms with Crippen LogP contribution >= 0.6 is 11.8 Å². The molecule has 1 aromatic heterocycles. The standard InChI is InChI=1S/C21H18FNO3S/c1-14-19(23-26-21(14)16-6-8-17(22)9-7-16)13-25-20(24)12-5-15-3-10-18(27-2)11-4-15/h3-12H,13H2,1-2H3/b12-5+. The molecule has 0 saturated heterocycles. The number of esters is 1. The fraction of sp³-hybridized carbons (Fsp3) is 0.143. The quantitative estimate of drug-likeness (QED) is 0.330. The number of carbonyl (C=O) groups is 1. The summed E-state index contributed by atoms with van der Waals surface area (Å²) in [5, 5.41) is 3.95. The summed E-state index contributed by atoms with van der Waals surface area (Å²) in [5.74, 6) is -0.250. The first-order valence-corrected chi connectivity index (χ1v) is 9.49. The molecule has 0 N–H and O–H groups in total. The minimum Gasteiger partial charge on any atom is -0.456 e. The lowest BCUT2D eigenvalue weighted by Gasteiger charge is -2.01. The third kappa shape index (κ3) is 4.86. The van der Waals surface area contributed by atoms with E-state index >= 15 is 0 Å². The maximum Gasteiger partial charge on any atom is 0.331 e. The van der Waals surface area contributed by atoms with Crippen LogP contribution in [0.4, 0.5) is 4.39 Å². The second-order valence-electron chi connectivity index (χ2n) is 5.80. The number of halogens is 1. The molecule has 0 amide bonds. The average Bonchev–Trinajstić information content (AvgIpc) is 3.06. The van der Waals surface area contributed by atoms with Crippen LogP contribution in [0.5, 0.6) is 0 Å². The second-order valence-corrected chi connectivity index (χ2v) is 6.68. The molecule has 27 heavy (non-hydrogen) atoms. The first-order chi connectivity index (χ1) is 13.1. The molecule has 0 bridgehead atoms. The monoisotopic (exact) mass is 383 g/mol. The van der Waals surface area contributed by atoms with E-state index in [4.69, 9.17) is 9.26 Å². The molecule has 0 radical (unpaired) electrons. The van der Waals surface area contributed by atoms with Crippen molar-refractivity contribution in [3.05, 3.63) is 77.2 Å². The normalized spacial score (nSPS) is 11.1. The Morgan fingerprint density at radius 3 is 2.56 bits per heavy atom. The number of rotatable bonds is 6. The zero-order chi connectivity index (χ0) is 19.2. The topological polar surface area (TPSA) is 52.3 Å². The molecule has 138 valence electrons. The largest absolute Gasteiger partial charge is 0.456 e. The zero-order valence-corrected chi connectivity index (χ0v) is 15.8. The predicted molar refractivity (Wildman–Crippen MR) is 104 cm³/mol. The van der Waals surface area contributed by atoms with Gasteiger partial charge in [0, 0.05) is 22.1 Å². The van der Waals surface area contributed by atoms with E-state index < -0.39 is 5.97 Å². The van der Waals surface area contributed by atoms with Crippen molar-refractivity contribution >= 4 is 23.8 Å². The number of carbonyl (C=O) groups excluding carboxylic acids is 1. The van der Waals surface area contributed by atoms with Gasteiger partial charge in [-0.25, -0.2) is 9.18 Å². The van der Waals surface area contributed by atoms with Gasteiger partial charge in [-0.05, 0) is 61.2 Å². The lowest BCUT2D eigenvalue weighted by atomic mass is 10.1. The van der Waals surface area contributed by atoms with Crippen molar-refractivity contribution in [3.8, 4) is 11.3 Å². The molecule has 3 aromatic rings. The highest BCUT2D eigenvalue weighted by atomic mass is 32.2. The van der Waals surface area contributed by atoms with Gasteiger partial charge in [0.15, 0.2) is 5.76 Å². The Morgan fingerprint density at radius 2 is 1.89 bits per heavy atom. The summed E-state index contributed by atoms with van der Waals surface area (Å²) in [6.07, 6.45) is 5.09. The lowest BCUT2D eigenvalue weighted by molar-refractivity contribution is -0.139. The fourth-order valence-corrected chi connectivity index (χ4v) is 2.85. The summed E-state index contributed by atoms with van der Waals surface area (Å²) < 4.78 is 23.6. The lowest BCUT2D eigenvalue weighted by Crippen LogP contribution is -2.02. The van der Waals surface area contributed by atoms with Gasteiger partial charge in [-0.15, -0.1) is 11.8 Å². The average molecular weight is 383 g/mol. The first-order valence-electron chi connectivity index (χ1n) is 8.27. The Hall–Kier alpha value is -2.86. The van der Waals surface area contributed by atoms with E-state index in [-0.39, 0.29) is 12.4 Å². The molecule has 0 aliphatic heterocycles. The molecule has 2 aromatic carbocycles. The molecule has 6 heteroatoms. The number of ether oxygens (including phenoxy) is 1. The van der Waals surface area contributed by atoms with Crippen LogP contribution in [0.1, 0.15) is 16.8 Å². The highest BCUT2D eigenvalue weighted by Gasteiger charge is 2.15. The number of benzene rings is 2. The van der Waals surface area contributed by atoms with Crippen LogP contribution in [0.15, 0.2) is 64.0 Å². The summed E-state index contributed by atoms with van der Waals surface area (Å²) in [6.45, 7) is 1.83. The van der Waals surface area contributed by atoms with Crippen molar-refractivity contribution in [3.63, 3.8) is 0 Å². The van der Waals surface area contributed by atoms with Crippen LogP contribution in [-0.2, 0) is 16.1 Å².